The second kappa shape index (κ2) is 10.7. The van der Waals surface area contributed by atoms with E-state index in [4.69, 9.17) is 5.41 Å². The van der Waals surface area contributed by atoms with Gasteiger partial charge < -0.3 is 4.90 Å². The van der Waals surface area contributed by atoms with E-state index in [0.717, 1.165) is 38.5 Å². The van der Waals surface area contributed by atoms with Crippen LogP contribution in [0, 0.1) is 5.41 Å². The molecule has 0 aromatic carbocycles. The third kappa shape index (κ3) is 5.69. The van der Waals surface area contributed by atoms with Gasteiger partial charge in [0.25, 0.3) is 11.2 Å². The molecule has 1 aliphatic rings. The fourth-order valence-electron chi connectivity index (χ4n) is 3.98. The summed E-state index contributed by atoms with van der Waals surface area (Å²) in [4.78, 5) is -1.18. The first-order valence-corrected chi connectivity index (χ1v) is 10.7. The van der Waals surface area contributed by atoms with Crippen molar-refractivity contribution in [2.45, 2.75) is 107 Å². The zero-order valence-corrected chi connectivity index (χ0v) is 18.3. The Morgan fingerprint density at radius 1 is 0.618 bits per heavy atom. The van der Waals surface area contributed by atoms with Crippen LogP contribution < -0.4 is 5.32 Å². The van der Waals surface area contributed by atoms with Gasteiger partial charge in [0.05, 0.1) is 0 Å². The molecule has 1 heterocycles. The number of unbranched alkanes of at least 4 members (excludes halogenated alkanes) is 9. The van der Waals surface area contributed by atoms with E-state index in [1.165, 1.54) is 0 Å². The molecule has 0 aromatic heterocycles. The molecule has 0 amide bonds. The van der Waals surface area contributed by atoms with Gasteiger partial charge in [-0.25, -0.2) is 0 Å². The first-order chi connectivity index (χ1) is 15.3. The lowest BCUT2D eigenvalue weighted by atomic mass is 9.97. The van der Waals surface area contributed by atoms with Gasteiger partial charge in [0.1, 0.15) is 5.84 Å². The Labute approximate surface area is 188 Å². The maximum atomic E-state index is 13.6. The van der Waals surface area contributed by atoms with Crippen molar-refractivity contribution in [1.29, 1.82) is 5.41 Å². The summed E-state index contributed by atoms with van der Waals surface area (Å²) in [7, 11) is 0. The normalized spacial score (nSPS) is 19.2. The van der Waals surface area contributed by atoms with Crippen LogP contribution in [0.25, 0.3) is 0 Å². The van der Waals surface area contributed by atoms with Gasteiger partial charge in [0.15, 0.2) is 0 Å². The standard InChI is InChI=1S/C19H27F12N3/c1-2-3-4-5-6-7-8-9-10-11-12-34-13(32)14(16(20,21)22,17(23,24)25)33-15(34,18(26,27)28)19(29,30)31/h32-33H,2-12H2,1H3. The summed E-state index contributed by atoms with van der Waals surface area (Å²) in [6, 6.07) is 0. The maximum absolute atomic E-state index is 13.6. The van der Waals surface area contributed by atoms with Crippen molar-refractivity contribution in [2.24, 2.45) is 0 Å². The Morgan fingerprint density at radius 2 is 0.971 bits per heavy atom. The van der Waals surface area contributed by atoms with Gasteiger partial charge in [-0.2, -0.15) is 52.7 Å². The molecule has 202 valence electrons. The van der Waals surface area contributed by atoms with E-state index in [1.807, 2.05) is 6.92 Å². The van der Waals surface area contributed by atoms with Gasteiger partial charge in [0, 0.05) is 6.54 Å². The Kier molecular flexibility index (Phi) is 9.63. The van der Waals surface area contributed by atoms with Crippen molar-refractivity contribution in [3.63, 3.8) is 0 Å². The van der Waals surface area contributed by atoms with E-state index < -0.39 is 59.6 Å². The Balaban J connectivity index is 3.12. The second-order valence-electron chi connectivity index (χ2n) is 8.26. The van der Waals surface area contributed by atoms with Crippen molar-refractivity contribution >= 4 is 5.84 Å². The van der Waals surface area contributed by atoms with Gasteiger partial charge in [-0.3, -0.25) is 10.7 Å². The number of amidine groups is 1. The number of rotatable bonds is 11. The van der Waals surface area contributed by atoms with Crippen LogP contribution in [0.5, 0.6) is 0 Å². The third-order valence-electron chi connectivity index (χ3n) is 5.80. The smallest absolute Gasteiger partial charge is 0.325 e. The molecule has 1 saturated heterocycles. The lowest BCUT2D eigenvalue weighted by Crippen LogP contribution is -2.75. The van der Waals surface area contributed by atoms with Crippen molar-refractivity contribution in [1.82, 2.24) is 10.2 Å². The molecule has 15 heteroatoms. The first kappa shape index (κ1) is 30.6. The predicted molar refractivity (Wildman–Crippen MR) is 99.1 cm³/mol. The highest BCUT2D eigenvalue weighted by molar-refractivity contribution is 5.94. The number of hydrogen-bond acceptors (Lipinski definition) is 2. The van der Waals surface area contributed by atoms with Gasteiger partial charge in [0.2, 0.25) is 0 Å². The molecule has 1 fully saturated rings. The number of nitrogens with zero attached hydrogens (tertiary/aromatic N) is 1. The third-order valence-corrected chi connectivity index (χ3v) is 5.80. The van der Waals surface area contributed by atoms with Gasteiger partial charge in [-0.1, -0.05) is 64.7 Å². The highest BCUT2D eigenvalue weighted by atomic mass is 19.4. The molecule has 0 aromatic rings. The molecule has 0 aliphatic carbocycles. The molecule has 34 heavy (non-hydrogen) atoms. The Morgan fingerprint density at radius 3 is 1.29 bits per heavy atom. The van der Waals surface area contributed by atoms with Crippen LogP contribution in [0.2, 0.25) is 0 Å². The summed E-state index contributed by atoms with van der Waals surface area (Å²) in [5.74, 6) is -2.89. The zero-order valence-electron chi connectivity index (χ0n) is 18.3. The average molecular weight is 525 g/mol. The van der Waals surface area contributed by atoms with Crippen LogP contribution in [0.4, 0.5) is 52.7 Å². The molecular weight excluding hydrogens is 498 g/mol. The summed E-state index contributed by atoms with van der Waals surface area (Å²) in [6.07, 6.45) is -20.9. The lowest BCUT2D eigenvalue weighted by Gasteiger charge is -2.41. The van der Waals surface area contributed by atoms with Crippen LogP contribution in [0.1, 0.15) is 71.1 Å². The topological polar surface area (TPSA) is 39.1 Å². The minimum absolute atomic E-state index is 0.0322. The molecule has 0 bridgehead atoms. The van der Waals surface area contributed by atoms with Gasteiger partial charge in [-0.15, -0.1) is 0 Å². The fourth-order valence-corrected chi connectivity index (χ4v) is 3.98. The van der Waals surface area contributed by atoms with E-state index in [9.17, 15) is 52.7 Å². The van der Waals surface area contributed by atoms with Crippen LogP contribution in [-0.4, -0.2) is 53.2 Å². The number of hydrogen-bond donors (Lipinski definition) is 2. The highest BCUT2D eigenvalue weighted by Crippen LogP contribution is 2.57. The number of alkyl halides is 12. The minimum Gasteiger partial charge on any atom is -0.325 e. The highest BCUT2D eigenvalue weighted by Gasteiger charge is 2.89. The molecule has 0 atom stereocenters. The number of halogens is 12. The molecule has 1 rings (SSSR count). The van der Waals surface area contributed by atoms with E-state index >= 15 is 0 Å². The molecule has 2 N–H and O–H groups in total. The quantitative estimate of drug-likeness (QED) is 0.217. The predicted octanol–water partition coefficient (Wildman–Crippen LogP) is 7.47. The largest absolute Gasteiger partial charge is 0.434 e. The maximum Gasteiger partial charge on any atom is 0.434 e. The monoisotopic (exact) mass is 525 g/mol. The van der Waals surface area contributed by atoms with E-state index in [1.54, 1.807) is 0 Å². The van der Waals surface area contributed by atoms with Gasteiger partial charge >= 0.3 is 24.7 Å². The van der Waals surface area contributed by atoms with Crippen molar-refractivity contribution in [3.8, 4) is 0 Å². The molecular formula is C19H27F12N3. The van der Waals surface area contributed by atoms with E-state index in [0.29, 0.717) is 12.8 Å². The van der Waals surface area contributed by atoms with Crippen LogP contribution >= 0.6 is 0 Å². The van der Waals surface area contributed by atoms with Gasteiger partial charge in [-0.05, 0) is 6.42 Å². The Hall–Kier alpha value is -1.41. The molecule has 0 saturated carbocycles. The lowest BCUT2D eigenvalue weighted by molar-refractivity contribution is -0.351. The summed E-state index contributed by atoms with van der Waals surface area (Å²) in [5, 5.41) is 7.05. The molecule has 1 aliphatic heterocycles. The van der Waals surface area contributed by atoms with Crippen LogP contribution in [-0.2, 0) is 0 Å². The molecule has 0 radical (unpaired) electrons. The first-order valence-electron chi connectivity index (χ1n) is 10.7. The summed E-state index contributed by atoms with van der Waals surface area (Å²) >= 11 is 0. The van der Waals surface area contributed by atoms with Crippen LogP contribution in [0.3, 0.4) is 0 Å². The van der Waals surface area contributed by atoms with Crippen molar-refractivity contribution < 1.29 is 52.7 Å². The van der Waals surface area contributed by atoms with E-state index in [-0.39, 0.29) is 11.7 Å². The summed E-state index contributed by atoms with van der Waals surface area (Å²) in [6.45, 7) is 0.546. The van der Waals surface area contributed by atoms with Crippen molar-refractivity contribution in [3.05, 3.63) is 0 Å². The number of nitrogens with one attached hydrogen (secondary N) is 2. The Bertz CT molecular complexity index is 635. The summed E-state index contributed by atoms with van der Waals surface area (Å²) < 4.78 is 162. The molecule has 0 unspecified atom stereocenters. The zero-order chi connectivity index (χ0) is 26.6. The van der Waals surface area contributed by atoms with E-state index in [2.05, 4.69) is 0 Å². The second-order valence-corrected chi connectivity index (χ2v) is 8.26. The molecule has 3 nitrogen and oxygen atoms in total. The van der Waals surface area contributed by atoms with Crippen molar-refractivity contribution in [2.75, 3.05) is 6.54 Å². The summed E-state index contributed by atoms with van der Waals surface area (Å²) in [5.41, 5.74) is -11.6. The molecule has 0 spiro atoms. The van der Waals surface area contributed by atoms with Crippen LogP contribution in [0.15, 0.2) is 0 Å². The minimum atomic E-state index is -6.71. The SMILES string of the molecule is CCCCCCCCCCCCN1C(=N)C(C(F)(F)F)(C(F)(F)F)NC1(C(F)(F)F)C(F)(F)F. The fraction of sp³-hybridized carbons (Fsp3) is 0.947. The average Bonchev–Trinajstić information content (AvgIpc) is 2.94.